The molecular formula is C19H24N2O2. The summed E-state index contributed by atoms with van der Waals surface area (Å²) >= 11 is 0. The molecule has 122 valence electrons. The molecule has 0 aliphatic rings. The Labute approximate surface area is 137 Å². The van der Waals surface area contributed by atoms with Crippen molar-refractivity contribution in [1.82, 2.24) is 9.88 Å². The van der Waals surface area contributed by atoms with Crippen LogP contribution in [0.25, 0.3) is 0 Å². The topological polar surface area (TPSA) is 51.1 Å². The van der Waals surface area contributed by atoms with Crippen LogP contribution in [0.4, 0.5) is 0 Å². The SMILES string of the molecule is Cc1cccc(C(C)(C)CNC(=O)CCn2ccccc2=O)c1. The maximum Gasteiger partial charge on any atom is 0.250 e. The van der Waals surface area contributed by atoms with Crippen molar-refractivity contribution >= 4 is 5.91 Å². The average molecular weight is 312 g/mol. The van der Waals surface area contributed by atoms with Gasteiger partial charge in [0, 0.05) is 37.2 Å². The molecule has 1 N–H and O–H groups in total. The number of hydrogen-bond donors (Lipinski definition) is 1. The van der Waals surface area contributed by atoms with E-state index in [0.29, 0.717) is 19.5 Å². The highest BCUT2D eigenvalue weighted by molar-refractivity contribution is 5.75. The molecule has 0 aliphatic carbocycles. The lowest BCUT2D eigenvalue weighted by Crippen LogP contribution is -2.37. The Hall–Kier alpha value is -2.36. The first kappa shape index (κ1) is 17.0. The van der Waals surface area contributed by atoms with E-state index in [1.54, 1.807) is 22.9 Å². The van der Waals surface area contributed by atoms with Crippen LogP contribution < -0.4 is 10.9 Å². The predicted molar refractivity (Wildman–Crippen MR) is 92.5 cm³/mol. The lowest BCUT2D eigenvalue weighted by molar-refractivity contribution is -0.121. The van der Waals surface area contributed by atoms with Crippen molar-refractivity contribution in [3.8, 4) is 0 Å². The molecule has 0 saturated carbocycles. The van der Waals surface area contributed by atoms with Gasteiger partial charge in [0.25, 0.3) is 5.56 Å². The summed E-state index contributed by atoms with van der Waals surface area (Å²) in [4.78, 5) is 23.6. The summed E-state index contributed by atoms with van der Waals surface area (Å²) in [6.07, 6.45) is 2.00. The van der Waals surface area contributed by atoms with E-state index >= 15 is 0 Å². The first-order valence-corrected chi connectivity index (χ1v) is 7.88. The molecule has 1 amide bonds. The van der Waals surface area contributed by atoms with Crippen molar-refractivity contribution in [2.45, 2.75) is 39.2 Å². The molecule has 0 fully saturated rings. The molecule has 4 nitrogen and oxygen atoms in total. The zero-order valence-electron chi connectivity index (χ0n) is 14.0. The number of rotatable bonds is 6. The first-order valence-electron chi connectivity index (χ1n) is 7.88. The molecule has 0 bridgehead atoms. The largest absolute Gasteiger partial charge is 0.355 e. The van der Waals surface area contributed by atoms with E-state index in [9.17, 15) is 9.59 Å². The van der Waals surface area contributed by atoms with Gasteiger partial charge >= 0.3 is 0 Å². The third-order valence-corrected chi connectivity index (χ3v) is 4.01. The minimum atomic E-state index is -0.134. The molecule has 0 unspecified atom stereocenters. The zero-order chi connectivity index (χ0) is 16.9. The number of carbonyl (C=O) groups is 1. The lowest BCUT2D eigenvalue weighted by Gasteiger charge is -2.26. The van der Waals surface area contributed by atoms with E-state index < -0.39 is 0 Å². The molecule has 2 rings (SSSR count). The van der Waals surface area contributed by atoms with E-state index in [-0.39, 0.29) is 16.9 Å². The van der Waals surface area contributed by atoms with Crippen LogP contribution in [0.5, 0.6) is 0 Å². The van der Waals surface area contributed by atoms with Crippen molar-refractivity contribution in [1.29, 1.82) is 0 Å². The minimum absolute atomic E-state index is 0.0403. The van der Waals surface area contributed by atoms with Gasteiger partial charge in [0.1, 0.15) is 0 Å². The van der Waals surface area contributed by atoms with Gasteiger partial charge in [-0.2, -0.15) is 0 Å². The van der Waals surface area contributed by atoms with E-state index in [1.807, 2.05) is 6.07 Å². The summed E-state index contributed by atoms with van der Waals surface area (Å²) in [6, 6.07) is 13.3. The predicted octanol–water partition coefficient (Wildman–Crippen LogP) is 2.64. The van der Waals surface area contributed by atoms with Crippen molar-refractivity contribution < 1.29 is 4.79 Å². The van der Waals surface area contributed by atoms with Gasteiger partial charge < -0.3 is 9.88 Å². The second kappa shape index (κ2) is 7.27. The maximum atomic E-state index is 12.0. The molecule has 0 saturated heterocycles. The fourth-order valence-corrected chi connectivity index (χ4v) is 2.44. The van der Waals surface area contributed by atoms with Gasteiger partial charge in [-0.05, 0) is 18.6 Å². The first-order chi connectivity index (χ1) is 10.9. The molecule has 0 atom stereocenters. The molecule has 2 aromatic rings. The van der Waals surface area contributed by atoms with Gasteiger partial charge in [-0.1, -0.05) is 49.7 Å². The van der Waals surface area contributed by atoms with Crippen LogP contribution in [-0.4, -0.2) is 17.0 Å². The number of hydrogen-bond acceptors (Lipinski definition) is 2. The lowest BCUT2D eigenvalue weighted by atomic mass is 9.84. The van der Waals surface area contributed by atoms with Crippen LogP contribution in [0.3, 0.4) is 0 Å². The van der Waals surface area contributed by atoms with E-state index in [0.717, 1.165) is 0 Å². The molecule has 1 heterocycles. The second-order valence-electron chi connectivity index (χ2n) is 6.51. The van der Waals surface area contributed by atoms with Crippen LogP contribution in [-0.2, 0) is 16.8 Å². The Morgan fingerprint density at radius 1 is 1.17 bits per heavy atom. The summed E-state index contributed by atoms with van der Waals surface area (Å²) in [5.41, 5.74) is 2.20. The van der Waals surface area contributed by atoms with Gasteiger partial charge in [0.2, 0.25) is 5.91 Å². The number of pyridine rings is 1. The van der Waals surface area contributed by atoms with Crippen LogP contribution in [0.1, 0.15) is 31.4 Å². The van der Waals surface area contributed by atoms with Crippen molar-refractivity contribution in [3.63, 3.8) is 0 Å². The smallest absolute Gasteiger partial charge is 0.250 e. The second-order valence-corrected chi connectivity index (χ2v) is 6.51. The third kappa shape index (κ3) is 4.81. The Kier molecular flexibility index (Phi) is 5.37. The summed E-state index contributed by atoms with van der Waals surface area (Å²) in [5.74, 6) is -0.0403. The van der Waals surface area contributed by atoms with Crippen LogP contribution in [0.15, 0.2) is 53.5 Å². The Bertz CT molecular complexity index is 732. The number of aryl methyl sites for hydroxylation is 2. The molecule has 1 aromatic carbocycles. The van der Waals surface area contributed by atoms with Gasteiger partial charge in [-0.15, -0.1) is 0 Å². The fourth-order valence-electron chi connectivity index (χ4n) is 2.44. The number of amides is 1. The summed E-state index contributed by atoms with van der Waals surface area (Å²) in [6.45, 7) is 7.26. The molecular weight excluding hydrogens is 288 g/mol. The molecule has 4 heteroatoms. The summed E-state index contributed by atoms with van der Waals surface area (Å²) in [5, 5.41) is 2.98. The van der Waals surface area contributed by atoms with Crippen molar-refractivity contribution in [2.24, 2.45) is 0 Å². The van der Waals surface area contributed by atoms with Gasteiger partial charge in [0.05, 0.1) is 0 Å². The third-order valence-electron chi connectivity index (χ3n) is 4.01. The van der Waals surface area contributed by atoms with Crippen LogP contribution >= 0.6 is 0 Å². The number of benzene rings is 1. The maximum absolute atomic E-state index is 12.0. The molecule has 0 spiro atoms. The van der Waals surface area contributed by atoms with E-state index in [4.69, 9.17) is 0 Å². The van der Waals surface area contributed by atoms with Crippen LogP contribution in [0, 0.1) is 6.92 Å². The van der Waals surface area contributed by atoms with E-state index in [1.165, 1.54) is 17.2 Å². The highest BCUT2D eigenvalue weighted by Gasteiger charge is 2.21. The number of nitrogens with zero attached hydrogens (tertiary/aromatic N) is 1. The summed E-state index contributed by atoms with van der Waals surface area (Å²) < 4.78 is 1.55. The molecule has 1 aromatic heterocycles. The quantitative estimate of drug-likeness (QED) is 0.891. The van der Waals surface area contributed by atoms with Crippen LogP contribution in [0.2, 0.25) is 0 Å². The highest BCUT2D eigenvalue weighted by atomic mass is 16.1. The standard InChI is InChI=1S/C19H24N2O2/c1-15-7-6-8-16(13-15)19(2,3)14-20-17(22)10-12-21-11-5-4-9-18(21)23/h4-9,11,13H,10,12,14H2,1-3H3,(H,20,22). The highest BCUT2D eigenvalue weighted by Crippen LogP contribution is 2.23. The average Bonchev–Trinajstić information content (AvgIpc) is 2.52. The Morgan fingerprint density at radius 2 is 1.96 bits per heavy atom. The van der Waals surface area contributed by atoms with Crippen molar-refractivity contribution in [2.75, 3.05) is 6.54 Å². The monoisotopic (exact) mass is 312 g/mol. The number of aromatic nitrogens is 1. The van der Waals surface area contributed by atoms with E-state index in [2.05, 4.69) is 44.3 Å². The summed E-state index contributed by atoms with van der Waals surface area (Å²) in [7, 11) is 0. The fraction of sp³-hybridized carbons (Fsp3) is 0.368. The zero-order valence-corrected chi connectivity index (χ0v) is 14.0. The minimum Gasteiger partial charge on any atom is -0.355 e. The van der Waals surface area contributed by atoms with Gasteiger partial charge in [-0.25, -0.2) is 0 Å². The van der Waals surface area contributed by atoms with Gasteiger partial charge in [0.15, 0.2) is 0 Å². The van der Waals surface area contributed by atoms with Crippen molar-refractivity contribution in [3.05, 3.63) is 70.1 Å². The number of nitrogens with one attached hydrogen (secondary N) is 1. The Morgan fingerprint density at radius 3 is 2.65 bits per heavy atom. The molecule has 23 heavy (non-hydrogen) atoms. The molecule has 0 radical (unpaired) electrons. The van der Waals surface area contributed by atoms with Gasteiger partial charge in [-0.3, -0.25) is 9.59 Å². The number of carbonyl (C=O) groups excluding carboxylic acids is 1. The normalized spacial score (nSPS) is 11.3. The Balaban J connectivity index is 1.88. The molecule has 0 aliphatic heterocycles.